The molecular formula is C14H11ClN6S2. The maximum absolute atomic E-state index is 6.30. The SMILES string of the molecule is CSc1nc(Cl)c2c(n1)Sc1nnc(-c3ccccc3)n1NC2. The number of rotatable bonds is 2. The monoisotopic (exact) mass is 362 g/mol. The number of benzene rings is 1. The van der Waals surface area contributed by atoms with E-state index in [1.54, 1.807) is 0 Å². The Morgan fingerprint density at radius 3 is 2.83 bits per heavy atom. The summed E-state index contributed by atoms with van der Waals surface area (Å²) in [5, 5.41) is 11.2. The van der Waals surface area contributed by atoms with Crippen molar-refractivity contribution in [3.05, 3.63) is 41.0 Å². The molecule has 0 radical (unpaired) electrons. The Balaban J connectivity index is 1.78. The van der Waals surface area contributed by atoms with Crippen molar-refractivity contribution < 1.29 is 0 Å². The molecule has 0 unspecified atom stereocenters. The Hall–Kier alpha value is -1.77. The van der Waals surface area contributed by atoms with Gasteiger partial charge in [-0.05, 0) is 18.0 Å². The number of nitrogens with zero attached hydrogens (tertiary/aromatic N) is 5. The quantitative estimate of drug-likeness (QED) is 0.426. The third-order valence-electron chi connectivity index (χ3n) is 3.35. The Morgan fingerprint density at radius 2 is 2.04 bits per heavy atom. The van der Waals surface area contributed by atoms with Gasteiger partial charge in [-0.25, -0.2) is 14.6 Å². The van der Waals surface area contributed by atoms with Gasteiger partial charge in [-0.1, -0.05) is 53.7 Å². The lowest BCUT2D eigenvalue weighted by atomic mass is 10.2. The topological polar surface area (TPSA) is 68.5 Å². The first-order valence-electron chi connectivity index (χ1n) is 6.79. The van der Waals surface area contributed by atoms with Gasteiger partial charge in [0.15, 0.2) is 11.0 Å². The Kier molecular flexibility index (Phi) is 3.88. The summed E-state index contributed by atoms with van der Waals surface area (Å²) in [5.74, 6) is 0.759. The molecule has 23 heavy (non-hydrogen) atoms. The summed E-state index contributed by atoms with van der Waals surface area (Å²) in [6, 6.07) is 9.92. The predicted molar refractivity (Wildman–Crippen MR) is 91.5 cm³/mol. The molecule has 1 aromatic carbocycles. The average molecular weight is 363 g/mol. The molecule has 1 aliphatic heterocycles. The average Bonchev–Trinajstić information content (AvgIpc) is 2.88. The highest BCUT2D eigenvalue weighted by atomic mass is 35.5. The summed E-state index contributed by atoms with van der Waals surface area (Å²) in [4.78, 5) is 8.84. The van der Waals surface area contributed by atoms with Crippen LogP contribution in [0.1, 0.15) is 5.56 Å². The van der Waals surface area contributed by atoms with Crippen molar-refractivity contribution in [3.8, 4) is 11.4 Å². The van der Waals surface area contributed by atoms with Crippen LogP contribution in [0.5, 0.6) is 0 Å². The third-order valence-corrected chi connectivity index (χ3v) is 5.19. The number of fused-ring (bicyclic) bond motifs is 2. The van der Waals surface area contributed by atoms with Gasteiger partial charge in [0.2, 0.25) is 5.16 Å². The lowest BCUT2D eigenvalue weighted by Crippen LogP contribution is -2.15. The molecule has 0 saturated heterocycles. The number of aromatic nitrogens is 5. The van der Waals surface area contributed by atoms with E-state index in [4.69, 9.17) is 11.6 Å². The summed E-state index contributed by atoms with van der Waals surface area (Å²) >= 11 is 9.21. The molecular weight excluding hydrogens is 352 g/mol. The van der Waals surface area contributed by atoms with Crippen LogP contribution in [-0.2, 0) is 6.54 Å². The molecule has 3 aromatic rings. The number of hydrogen-bond donors (Lipinski definition) is 1. The van der Waals surface area contributed by atoms with Gasteiger partial charge in [0.05, 0.1) is 6.54 Å². The van der Waals surface area contributed by atoms with Gasteiger partial charge >= 0.3 is 0 Å². The van der Waals surface area contributed by atoms with Gasteiger partial charge in [0.25, 0.3) is 0 Å². The molecule has 116 valence electrons. The van der Waals surface area contributed by atoms with E-state index >= 15 is 0 Å². The fourth-order valence-corrected chi connectivity index (χ4v) is 3.93. The highest BCUT2D eigenvalue weighted by Crippen LogP contribution is 2.35. The van der Waals surface area contributed by atoms with E-state index in [1.165, 1.54) is 23.5 Å². The normalized spacial score (nSPS) is 13.0. The van der Waals surface area contributed by atoms with Crippen molar-refractivity contribution in [1.82, 2.24) is 24.8 Å². The first-order chi connectivity index (χ1) is 11.3. The molecule has 0 atom stereocenters. The Morgan fingerprint density at radius 1 is 1.22 bits per heavy atom. The maximum atomic E-state index is 6.30. The minimum Gasteiger partial charge on any atom is -0.317 e. The van der Waals surface area contributed by atoms with Crippen molar-refractivity contribution in [1.29, 1.82) is 0 Å². The van der Waals surface area contributed by atoms with E-state index in [2.05, 4.69) is 25.6 Å². The van der Waals surface area contributed by atoms with Crippen molar-refractivity contribution in [3.63, 3.8) is 0 Å². The molecule has 0 fully saturated rings. The molecule has 0 saturated carbocycles. The summed E-state index contributed by atoms with van der Waals surface area (Å²) in [6.07, 6.45) is 1.92. The van der Waals surface area contributed by atoms with Crippen LogP contribution in [0, 0.1) is 0 Å². The first kappa shape index (κ1) is 14.8. The Bertz CT molecular complexity index is 867. The molecule has 0 aliphatic carbocycles. The van der Waals surface area contributed by atoms with Crippen molar-refractivity contribution in [2.75, 3.05) is 11.7 Å². The molecule has 0 bridgehead atoms. The van der Waals surface area contributed by atoms with Gasteiger partial charge in [0, 0.05) is 11.1 Å². The van der Waals surface area contributed by atoms with Crippen LogP contribution in [0.4, 0.5) is 0 Å². The highest BCUT2D eigenvalue weighted by Gasteiger charge is 2.23. The van der Waals surface area contributed by atoms with Crippen LogP contribution in [0.25, 0.3) is 11.4 Å². The van der Waals surface area contributed by atoms with Crippen LogP contribution in [0.15, 0.2) is 45.7 Å². The predicted octanol–water partition coefficient (Wildman–Crippen LogP) is 3.32. The van der Waals surface area contributed by atoms with Crippen molar-refractivity contribution in [2.45, 2.75) is 21.9 Å². The second-order valence-electron chi connectivity index (χ2n) is 4.73. The number of halogens is 1. The number of thioether (sulfide) groups is 1. The van der Waals surface area contributed by atoms with Crippen LogP contribution in [-0.4, -0.2) is 31.1 Å². The minimum atomic E-state index is 0.472. The summed E-state index contributed by atoms with van der Waals surface area (Å²) in [6.45, 7) is 0.515. The largest absolute Gasteiger partial charge is 0.317 e. The van der Waals surface area contributed by atoms with Gasteiger partial charge in [-0.15, -0.1) is 10.2 Å². The van der Waals surface area contributed by atoms with Gasteiger partial charge in [-0.3, -0.25) is 0 Å². The van der Waals surface area contributed by atoms with E-state index in [0.29, 0.717) is 16.9 Å². The molecule has 1 aliphatic rings. The van der Waals surface area contributed by atoms with Crippen LogP contribution < -0.4 is 5.43 Å². The fraction of sp³-hybridized carbons (Fsp3) is 0.143. The zero-order valence-corrected chi connectivity index (χ0v) is 14.4. The highest BCUT2D eigenvalue weighted by molar-refractivity contribution is 7.99. The summed E-state index contributed by atoms with van der Waals surface area (Å²) in [5.41, 5.74) is 5.17. The van der Waals surface area contributed by atoms with E-state index in [-0.39, 0.29) is 0 Å². The van der Waals surface area contributed by atoms with E-state index in [1.807, 2.05) is 41.3 Å². The second-order valence-corrected chi connectivity index (χ2v) is 6.82. The summed E-state index contributed by atoms with van der Waals surface area (Å²) in [7, 11) is 0. The first-order valence-corrected chi connectivity index (χ1v) is 9.21. The van der Waals surface area contributed by atoms with Crippen molar-refractivity contribution >= 4 is 35.1 Å². The molecule has 1 N–H and O–H groups in total. The van der Waals surface area contributed by atoms with Crippen LogP contribution in [0.2, 0.25) is 5.15 Å². The van der Waals surface area contributed by atoms with Gasteiger partial charge in [-0.2, -0.15) is 0 Å². The lowest BCUT2D eigenvalue weighted by Gasteiger charge is -2.09. The van der Waals surface area contributed by atoms with Gasteiger partial charge < -0.3 is 5.43 Å². The zero-order valence-electron chi connectivity index (χ0n) is 12.0. The number of hydrogen-bond acceptors (Lipinski definition) is 7. The van der Waals surface area contributed by atoms with Crippen molar-refractivity contribution in [2.24, 2.45) is 0 Å². The third kappa shape index (κ3) is 2.66. The molecule has 0 spiro atoms. The van der Waals surface area contributed by atoms with E-state index in [0.717, 1.165) is 27.1 Å². The standard InChI is InChI=1S/C14H11ClN6S2/c1-22-13-17-10(15)9-7-16-21-11(8-5-3-2-4-6-8)19-20-14(21)23-12(9)18-13/h2-6,16H,7H2,1H3. The molecule has 0 amide bonds. The zero-order chi connectivity index (χ0) is 15.8. The second kappa shape index (κ2) is 6.03. The maximum Gasteiger partial charge on any atom is 0.216 e. The van der Waals surface area contributed by atoms with Crippen LogP contribution >= 0.6 is 35.1 Å². The molecule has 4 rings (SSSR count). The van der Waals surface area contributed by atoms with E-state index in [9.17, 15) is 0 Å². The molecule has 2 aromatic heterocycles. The fourth-order valence-electron chi connectivity index (χ4n) is 2.24. The molecule has 9 heteroatoms. The lowest BCUT2D eigenvalue weighted by molar-refractivity contribution is 0.756. The smallest absolute Gasteiger partial charge is 0.216 e. The minimum absolute atomic E-state index is 0.472. The summed E-state index contributed by atoms with van der Waals surface area (Å²) < 4.78 is 1.87. The molecule has 3 heterocycles. The number of nitrogens with one attached hydrogen (secondary N) is 1. The Labute approximate surface area is 146 Å². The van der Waals surface area contributed by atoms with Gasteiger partial charge in [0.1, 0.15) is 10.2 Å². The molecule has 6 nitrogen and oxygen atoms in total. The van der Waals surface area contributed by atoms with E-state index < -0.39 is 0 Å². The van der Waals surface area contributed by atoms with Crippen LogP contribution in [0.3, 0.4) is 0 Å².